The molecule has 2 bridgehead atoms. The van der Waals surface area contributed by atoms with Gasteiger partial charge in [-0.25, -0.2) is 0 Å². The molecule has 5 atom stereocenters. The highest BCUT2D eigenvalue weighted by Crippen LogP contribution is 2.51. The van der Waals surface area contributed by atoms with Crippen molar-refractivity contribution in [3.05, 3.63) is 0 Å². The first-order valence-electron chi connectivity index (χ1n) is 6.08. The van der Waals surface area contributed by atoms with Crippen LogP contribution in [0.4, 0.5) is 0 Å². The number of alkyl halides is 1. The normalized spacial score (nSPS) is 51.6. The highest BCUT2D eigenvalue weighted by atomic mass is 79.9. The second kappa shape index (κ2) is 3.79. The Labute approximate surface area is 94.7 Å². The number of ether oxygens (including phenoxy) is 1. The molecule has 3 fully saturated rings. The molecular weight excluding hydrogens is 240 g/mol. The Morgan fingerprint density at radius 2 is 2.00 bits per heavy atom. The molecule has 1 saturated heterocycles. The van der Waals surface area contributed by atoms with E-state index in [2.05, 4.69) is 15.9 Å². The molecule has 2 heteroatoms. The summed E-state index contributed by atoms with van der Waals surface area (Å²) in [5, 5.41) is 1.03. The minimum atomic E-state index is 0.513. The van der Waals surface area contributed by atoms with Gasteiger partial charge < -0.3 is 4.74 Å². The molecule has 1 heterocycles. The highest BCUT2D eigenvalue weighted by molar-refractivity contribution is 9.09. The minimum absolute atomic E-state index is 0.513. The molecule has 2 aliphatic carbocycles. The van der Waals surface area contributed by atoms with E-state index in [0.717, 1.165) is 23.1 Å². The van der Waals surface area contributed by atoms with E-state index in [-0.39, 0.29) is 0 Å². The Morgan fingerprint density at radius 1 is 1.07 bits per heavy atom. The summed E-state index contributed by atoms with van der Waals surface area (Å²) in [4.78, 5) is 0. The van der Waals surface area contributed by atoms with Crippen LogP contribution in [0.1, 0.15) is 38.5 Å². The molecule has 5 unspecified atom stereocenters. The SMILES string of the molecule is BrCC1CCC(C2CC3CCC2C3)O1. The fourth-order valence-electron chi connectivity index (χ4n) is 3.91. The molecule has 0 spiro atoms. The second-order valence-corrected chi connectivity index (χ2v) is 6.01. The van der Waals surface area contributed by atoms with E-state index in [9.17, 15) is 0 Å². The van der Waals surface area contributed by atoms with Crippen molar-refractivity contribution < 1.29 is 4.74 Å². The molecule has 0 radical (unpaired) electrons. The van der Waals surface area contributed by atoms with Crippen LogP contribution in [0.3, 0.4) is 0 Å². The van der Waals surface area contributed by atoms with E-state index in [1.54, 1.807) is 0 Å². The molecule has 3 rings (SSSR count). The molecule has 0 aromatic heterocycles. The standard InChI is InChI=1S/C12H19BrO/c13-7-10-3-4-12(14-10)11-6-8-1-2-9(11)5-8/h8-12H,1-7H2. The first kappa shape index (κ1) is 9.65. The highest BCUT2D eigenvalue weighted by Gasteiger charge is 2.45. The summed E-state index contributed by atoms with van der Waals surface area (Å²) in [6.45, 7) is 0. The van der Waals surface area contributed by atoms with Gasteiger partial charge in [0.15, 0.2) is 0 Å². The fraction of sp³-hybridized carbons (Fsp3) is 1.00. The Hall–Kier alpha value is 0.440. The van der Waals surface area contributed by atoms with Crippen molar-refractivity contribution in [1.29, 1.82) is 0 Å². The van der Waals surface area contributed by atoms with Gasteiger partial charge >= 0.3 is 0 Å². The van der Waals surface area contributed by atoms with Gasteiger partial charge in [-0.15, -0.1) is 0 Å². The number of fused-ring (bicyclic) bond motifs is 2. The van der Waals surface area contributed by atoms with E-state index in [4.69, 9.17) is 4.74 Å². The third-order valence-corrected chi connectivity index (χ3v) is 5.31. The lowest BCUT2D eigenvalue weighted by atomic mass is 9.84. The van der Waals surface area contributed by atoms with Gasteiger partial charge in [0.05, 0.1) is 12.2 Å². The maximum absolute atomic E-state index is 6.10. The molecule has 2 saturated carbocycles. The molecule has 0 aromatic carbocycles. The van der Waals surface area contributed by atoms with E-state index in [1.807, 2.05) is 0 Å². The van der Waals surface area contributed by atoms with Gasteiger partial charge in [-0.3, -0.25) is 0 Å². The topological polar surface area (TPSA) is 9.23 Å². The lowest BCUT2D eigenvalue weighted by molar-refractivity contribution is 0.00487. The summed E-state index contributed by atoms with van der Waals surface area (Å²) < 4.78 is 6.10. The molecule has 14 heavy (non-hydrogen) atoms. The van der Waals surface area contributed by atoms with Gasteiger partial charge in [-0.2, -0.15) is 0 Å². The van der Waals surface area contributed by atoms with Gasteiger partial charge in [0.25, 0.3) is 0 Å². The molecule has 3 aliphatic rings. The van der Waals surface area contributed by atoms with Crippen molar-refractivity contribution in [2.75, 3.05) is 5.33 Å². The quantitative estimate of drug-likeness (QED) is 0.691. The monoisotopic (exact) mass is 258 g/mol. The van der Waals surface area contributed by atoms with Crippen molar-refractivity contribution in [3.8, 4) is 0 Å². The van der Waals surface area contributed by atoms with Crippen LogP contribution >= 0.6 is 15.9 Å². The summed E-state index contributed by atoms with van der Waals surface area (Å²) in [7, 11) is 0. The van der Waals surface area contributed by atoms with Crippen LogP contribution in [0.25, 0.3) is 0 Å². The third kappa shape index (κ3) is 1.55. The number of hydrogen-bond acceptors (Lipinski definition) is 1. The van der Waals surface area contributed by atoms with E-state index in [1.165, 1.54) is 38.5 Å². The van der Waals surface area contributed by atoms with Gasteiger partial charge in [-0.05, 0) is 49.9 Å². The van der Waals surface area contributed by atoms with E-state index < -0.39 is 0 Å². The van der Waals surface area contributed by atoms with Crippen LogP contribution in [-0.4, -0.2) is 17.5 Å². The Bertz CT molecular complexity index is 218. The van der Waals surface area contributed by atoms with Crippen molar-refractivity contribution >= 4 is 15.9 Å². The van der Waals surface area contributed by atoms with Crippen LogP contribution in [0.5, 0.6) is 0 Å². The zero-order chi connectivity index (χ0) is 9.54. The van der Waals surface area contributed by atoms with Crippen molar-refractivity contribution in [1.82, 2.24) is 0 Å². The van der Waals surface area contributed by atoms with Crippen molar-refractivity contribution in [2.45, 2.75) is 50.7 Å². The zero-order valence-electron chi connectivity index (χ0n) is 8.62. The smallest absolute Gasteiger partial charge is 0.0676 e. The Morgan fingerprint density at radius 3 is 2.57 bits per heavy atom. The van der Waals surface area contributed by atoms with Gasteiger partial charge in [0.2, 0.25) is 0 Å². The Balaban J connectivity index is 1.62. The molecule has 1 aliphatic heterocycles. The van der Waals surface area contributed by atoms with Gasteiger partial charge in [0, 0.05) is 5.33 Å². The second-order valence-electron chi connectivity index (χ2n) is 5.37. The maximum Gasteiger partial charge on any atom is 0.0676 e. The maximum atomic E-state index is 6.10. The average molecular weight is 259 g/mol. The average Bonchev–Trinajstić information content (AvgIpc) is 2.93. The summed E-state index contributed by atoms with van der Waals surface area (Å²) in [5.41, 5.74) is 0. The van der Waals surface area contributed by atoms with Crippen LogP contribution in [0.2, 0.25) is 0 Å². The molecule has 80 valence electrons. The number of hydrogen-bond donors (Lipinski definition) is 0. The molecule has 0 amide bonds. The summed E-state index contributed by atoms with van der Waals surface area (Å²) >= 11 is 3.53. The van der Waals surface area contributed by atoms with E-state index in [0.29, 0.717) is 12.2 Å². The number of rotatable bonds is 2. The van der Waals surface area contributed by atoms with Crippen LogP contribution in [0.15, 0.2) is 0 Å². The third-order valence-electron chi connectivity index (χ3n) is 4.58. The molecule has 0 N–H and O–H groups in total. The molecule has 0 aromatic rings. The summed E-state index contributed by atoms with van der Waals surface area (Å²) in [6.07, 6.45) is 9.73. The van der Waals surface area contributed by atoms with Crippen molar-refractivity contribution in [3.63, 3.8) is 0 Å². The molecule has 1 nitrogen and oxygen atoms in total. The predicted molar refractivity (Wildman–Crippen MR) is 60.6 cm³/mol. The predicted octanol–water partition coefficient (Wildman–Crippen LogP) is 3.37. The first-order chi connectivity index (χ1) is 6.86. The van der Waals surface area contributed by atoms with E-state index >= 15 is 0 Å². The molecular formula is C12H19BrO. The van der Waals surface area contributed by atoms with Crippen LogP contribution in [-0.2, 0) is 4.74 Å². The summed E-state index contributed by atoms with van der Waals surface area (Å²) in [6, 6.07) is 0. The summed E-state index contributed by atoms with van der Waals surface area (Å²) in [5.74, 6) is 3.02. The lowest BCUT2D eigenvalue weighted by Gasteiger charge is -2.27. The fourth-order valence-corrected chi connectivity index (χ4v) is 4.39. The minimum Gasteiger partial charge on any atom is -0.374 e. The van der Waals surface area contributed by atoms with Crippen molar-refractivity contribution in [2.24, 2.45) is 17.8 Å². The first-order valence-corrected chi connectivity index (χ1v) is 7.20. The zero-order valence-corrected chi connectivity index (χ0v) is 10.2. The van der Waals surface area contributed by atoms with Gasteiger partial charge in [-0.1, -0.05) is 22.4 Å². The largest absolute Gasteiger partial charge is 0.374 e. The van der Waals surface area contributed by atoms with Crippen LogP contribution < -0.4 is 0 Å². The Kier molecular flexibility index (Phi) is 2.61. The lowest BCUT2D eigenvalue weighted by Crippen LogP contribution is -2.26. The number of halogens is 1. The van der Waals surface area contributed by atoms with Gasteiger partial charge in [0.1, 0.15) is 0 Å². The van der Waals surface area contributed by atoms with Crippen LogP contribution in [0, 0.1) is 17.8 Å².